The van der Waals surface area contributed by atoms with Crippen molar-refractivity contribution < 1.29 is 9.53 Å². The number of carbonyl (C=O) groups excluding carboxylic acids is 1. The molecule has 1 aromatic carbocycles. The number of anilines is 1. The summed E-state index contributed by atoms with van der Waals surface area (Å²) < 4.78 is 5.08. The molecule has 2 rings (SSSR count). The first kappa shape index (κ1) is 11.4. The standard InChI is InChI=1S/C12H14ClNO2/c1-16-8-9-2-3-11-10(6-9)4-5-14(11)12(15)7-13/h2-3,6H,4-5,7-8H2,1H3. The maximum atomic E-state index is 11.6. The van der Waals surface area contributed by atoms with E-state index in [4.69, 9.17) is 16.3 Å². The lowest BCUT2D eigenvalue weighted by Gasteiger charge is -2.15. The van der Waals surface area contributed by atoms with Gasteiger partial charge in [-0.25, -0.2) is 0 Å². The van der Waals surface area contributed by atoms with Crippen molar-refractivity contribution in [3.63, 3.8) is 0 Å². The summed E-state index contributed by atoms with van der Waals surface area (Å²) in [5.41, 5.74) is 3.33. The molecule has 4 heteroatoms. The summed E-state index contributed by atoms with van der Waals surface area (Å²) in [6.45, 7) is 1.34. The van der Waals surface area contributed by atoms with Crippen LogP contribution in [0, 0.1) is 0 Å². The van der Waals surface area contributed by atoms with Crippen LogP contribution in [-0.2, 0) is 22.6 Å². The Morgan fingerprint density at radius 2 is 2.38 bits per heavy atom. The van der Waals surface area contributed by atoms with E-state index in [9.17, 15) is 4.79 Å². The zero-order chi connectivity index (χ0) is 11.5. The van der Waals surface area contributed by atoms with Gasteiger partial charge in [0.1, 0.15) is 5.88 Å². The summed E-state index contributed by atoms with van der Waals surface area (Å²) in [6.07, 6.45) is 0.898. The van der Waals surface area contributed by atoms with Crippen LogP contribution in [0.5, 0.6) is 0 Å². The molecule has 0 saturated heterocycles. The number of hydrogen-bond acceptors (Lipinski definition) is 2. The van der Waals surface area contributed by atoms with Crippen molar-refractivity contribution in [2.75, 3.05) is 24.4 Å². The van der Waals surface area contributed by atoms with Gasteiger partial charge < -0.3 is 9.64 Å². The fourth-order valence-electron chi connectivity index (χ4n) is 2.04. The Balaban J connectivity index is 2.25. The predicted molar refractivity (Wildman–Crippen MR) is 63.9 cm³/mol. The SMILES string of the molecule is COCc1ccc2c(c1)CCN2C(=O)CCl. The molecule has 0 aromatic heterocycles. The molecule has 0 saturated carbocycles. The second-order valence-electron chi connectivity index (χ2n) is 3.83. The quantitative estimate of drug-likeness (QED) is 0.755. The molecule has 1 aliphatic heterocycles. The molecular formula is C12H14ClNO2. The minimum atomic E-state index is -0.0279. The molecule has 1 heterocycles. The smallest absolute Gasteiger partial charge is 0.241 e. The number of hydrogen-bond donors (Lipinski definition) is 0. The zero-order valence-corrected chi connectivity index (χ0v) is 9.96. The number of alkyl halides is 1. The van der Waals surface area contributed by atoms with E-state index >= 15 is 0 Å². The molecule has 0 spiro atoms. The van der Waals surface area contributed by atoms with Crippen LogP contribution in [0.1, 0.15) is 11.1 Å². The molecule has 0 atom stereocenters. The van der Waals surface area contributed by atoms with E-state index in [1.54, 1.807) is 12.0 Å². The lowest BCUT2D eigenvalue weighted by atomic mass is 10.1. The molecular weight excluding hydrogens is 226 g/mol. The van der Waals surface area contributed by atoms with Crippen molar-refractivity contribution in [2.24, 2.45) is 0 Å². The third-order valence-electron chi connectivity index (χ3n) is 2.77. The van der Waals surface area contributed by atoms with E-state index < -0.39 is 0 Å². The van der Waals surface area contributed by atoms with Crippen LogP contribution in [0.25, 0.3) is 0 Å². The van der Waals surface area contributed by atoms with Crippen LogP contribution in [0.3, 0.4) is 0 Å². The maximum Gasteiger partial charge on any atom is 0.241 e. The summed E-state index contributed by atoms with van der Waals surface area (Å²) in [7, 11) is 1.68. The lowest BCUT2D eigenvalue weighted by molar-refractivity contribution is -0.116. The molecule has 1 aromatic rings. The molecule has 86 valence electrons. The van der Waals surface area contributed by atoms with Gasteiger partial charge in [-0.15, -0.1) is 11.6 Å². The normalized spacial score (nSPS) is 14.0. The van der Waals surface area contributed by atoms with E-state index in [1.165, 1.54) is 5.56 Å². The van der Waals surface area contributed by atoms with E-state index in [0.717, 1.165) is 24.2 Å². The summed E-state index contributed by atoms with van der Waals surface area (Å²) in [5.74, 6) is 0.0131. The Bertz CT molecular complexity index is 406. The predicted octanol–water partition coefficient (Wildman–Crippen LogP) is 1.96. The van der Waals surface area contributed by atoms with Crippen molar-refractivity contribution in [1.82, 2.24) is 0 Å². The van der Waals surface area contributed by atoms with E-state index in [1.807, 2.05) is 12.1 Å². The number of halogens is 1. The average Bonchev–Trinajstić information content (AvgIpc) is 2.71. The molecule has 1 aliphatic rings. The number of methoxy groups -OCH3 is 1. The third-order valence-corrected chi connectivity index (χ3v) is 2.99. The van der Waals surface area contributed by atoms with Crippen molar-refractivity contribution in [1.29, 1.82) is 0 Å². The van der Waals surface area contributed by atoms with Crippen LogP contribution in [0.2, 0.25) is 0 Å². The Hall–Kier alpha value is -1.06. The first-order valence-corrected chi connectivity index (χ1v) is 5.76. The van der Waals surface area contributed by atoms with Gasteiger partial charge in [0, 0.05) is 19.3 Å². The van der Waals surface area contributed by atoms with Crippen molar-refractivity contribution in [3.8, 4) is 0 Å². The van der Waals surface area contributed by atoms with Gasteiger partial charge in [-0.05, 0) is 23.6 Å². The molecule has 0 fully saturated rings. The first-order chi connectivity index (χ1) is 7.76. The minimum Gasteiger partial charge on any atom is -0.380 e. The highest BCUT2D eigenvalue weighted by Gasteiger charge is 2.23. The van der Waals surface area contributed by atoms with Gasteiger partial charge in [0.2, 0.25) is 5.91 Å². The van der Waals surface area contributed by atoms with Crippen molar-refractivity contribution in [3.05, 3.63) is 29.3 Å². The fourth-order valence-corrected chi connectivity index (χ4v) is 2.19. The first-order valence-electron chi connectivity index (χ1n) is 5.23. The number of benzene rings is 1. The minimum absolute atomic E-state index is 0.0279. The van der Waals surface area contributed by atoms with Crippen molar-refractivity contribution in [2.45, 2.75) is 13.0 Å². The summed E-state index contributed by atoms with van der Waals surface area (Å²) >= 11 is 5.57. The average molecular weight is 240 g/mol. The molecule has 1 amide bonds. The number of fused-ring (bicyclic) bond motifs is 1. The molecule has 0 N–H and O–H groups in total. The van der Waals surface area contributed by atoms with Gasteiger partial charge in [-0.1, -0.05) is 12.1 Å². The van der Waals surface area contributed by atoms with Crippen LogP contribution < -0.4 is 4.90 Å². The topological polar surface area (TPSA) is 29.5 Å². The van der Waals surface area contributed by atoms with Gasteiger partial charge in [0.15, 0.2) is 0 Å². The summed E-state index contributed by atoms with van der Waals surface area (Å²) in [5, 5.41) is 0. The molecule has 0 aliphatic carbocycles. The Morgan fingerprint density at radius 3 is 3.06 bits per heavy atom. The van der Waals surface area contributed by atoms with Gasteiger partial charge in [0.05, 0.1) is 6.61 Å². The highest BCUT2D eigenvalue weighted by molar-refractivity contribution is 6.29. The largest absolute Gasteiger partial charge is 0.380 e. The van der Waals surface area contributed by atoms with Gasteiger partial charge in [-0.2, -0.15) is 0 Å². The Morgan fingerprint density at radius 1 is 1.56 bits per heavy atom. The van der Waals surface area contributed by atoms with Gasteiger partial charge in [-0.3, -0.25) is 4.79 Å². The Labute approximate surface area is 100.0 Å². The number of carbonyl (C=O) groups is 1. The van der Waals surface area contributed by atoms with Crippen LogP contribution in [0.15, 0.2) is 18.2 Å². The summed E-state index contributed by atoms with van der Waals surface area (Å²) in [6, 6.07) is 6.06. The molecule has 16 heavy (non-hydrogen) atoms. The lowest BCUT2D eigenvalue weighted by Crippen LogP contribution is -2.29. The highest BCUT2D eigenvalue weighted by Crippen LogP contribution is 2.29. The fraction of sp³-hybridized carbons (Fsp3) is 0.417. The number of nitrogens with zero attached hydrogens (tertiary/aromatic N) is 1. The monoisotopic (exact) mass is 239 g/mol. The van der Waals surface area contributed by atoms with Crippen molar-refractivity contribution >= 4 is 23.2 Å². The zero-order valence-electron chi connectivity index (χ0n) is 9.20. The maximum absolute atomic E-state index is 11.6. The second-order valence-corrected chi connectivity index (χ2v) is 4.09. The molecule has 0 unspecified atom stereocenters. The second kappa shape index (κ2) is 4.85. The van der Waals surface area contributed by atoms with E-state index in [2.05, 4.69) is 6.07 Å². The van der Waals surface area contributed by atoms with Gasteiger partial charge in [0.25, 0.3) is 0 Å². The van der Waals surface area contributed by atoms with Crippen LogP contribution in [0.4, 0.5) is 5.69 Å². The van der Waals surface area contributed by atoms with Crippen LogP contribution in [-0.4, -0.2) is 25.4 Å². The highest BCUT2D eigenvalue weighted by atomic mass is 35.5. The van der Waals surface area contributed by atoms with E-state index in [0.29, 0.717) is 6.61 Å². The van der Waals surface area contributed by atoms with Crippen LogP contribution >= 0.6 is 11.6 Å². The molecule has 0 bridgehead atoms. The van der Waals surface area contributed by atoms with Gasteiger partial charge >= 0.3 is 0 Å². The number of ether oxygens (including phenoxy) is 1. The third kappa shape index (κ3) is 2.06. The van der Waals surface area contributed by atoms with E-state index in [-0.39, 0.29) is 11.8 Å². The molecule has 0 radical (unpaired) electrons. The Kier molecular flexibility index (Phi) is 3.46. The number of rotatable bonds is 3. The number of amides is 1. The molecule has 3 nitrogen and oxygen atoms in total. The summed E-state index contributed by atoms with van der Waals surface area (Å²) in [4.78, 5) is 13.3.